The molecular weight excluding hydrogens is 236 g/mol. The van der Waals surface area contributed by atoms with E-state index in [0.29, 0.717) is 6.42 Å². The number of carbonyl (C=O) groups is 1. The molecule has 1 aliphatic carbocycles. The van der Waals surface area contributed by atoms with Crippen molar-refractivity contribution in [2.24, 2.45) is 0 Å². The Balaban J connectivity index is 2.27. The predicted octanol–water partition coefficient (Wildman–Crippen LogP) is 3.39. The summed E-state index contributed by atoms with van der Waals surface area (Å²) in [4.78, 5) is 12.0. The molecule has 0 amide bonds. The molecule has 1 N–H and O–H groups in total. The smallest absolute Gasteiger partial charge is 0.318 e. The number of rotatable bonds is 2. The zero-order valence-corrected chi connectivity index (χ0v) is 10.7. The topological polar surface area (TPSA) is 37.3 Å². The van der Waals surface area contributed by atoms with Crippen LogP contribution in [0, 0.1) is 0 Å². The number of carboxylic acids is 1. The van der Waals surface area contributed by atoms with Gasteiger partial charge in [0.25, 0.3) is 0 Å². The lowest BCUT2D eigenvalue weighted by molar-refractivity contribution is -0.142. The van der Waals surface area contributed by atoms with Gasteiger partial charge in [0, 0.05) is 0 Å². The summed E-state index contributed by atoms with van der Waals surface area (Å²) in [6.45, 7) is 0. The molecule has 0 aromatic heterocycles. The highest BCUT2D eigenvalue weighted by atomic mass is 16.4. The van der Waals surface area contributed by atoms with Crippen molar-refractivity contribution < 1.29 is 9.90 Å². The first-order valence-electron chi connectivity index (χ1n) is 6.62. The maximum absolute atomic E-state index is 12.0. The van der Waals surface area contributed by atoms with Gasteiger partial charge in [0.2, 0.25) is 0 Å². The fourth-order valence-electron chi connectivity index (χ4n) is 3.20. The Morgan fingerprint density at radius 3 is 2.42 bits per heavy atom. The molecule has 0 heterocycles. The van der Waals surface area contributed by atoms with Crippen molar-refractivity contribution in [3.8, 4) is 0 Å². The van der Waals surface area contributed by atoms with Gasteiger partial charge in [-0.25, -0.2) is 0 Å². The second-order valence-corrected chi connectivity index (χ2v) is 5.09. The van der Waals surface area contributed by atoms with E-state index in [2.05, 4.69) is 6.07 Å². The van der Waals surface area contributed by atoms with Crippen LogP contribution in [0.15, 0.2) is 54.6 Å². The second kappa shape index (κ2) is 4.54. The van der Waals surface area contributed by atoms with Gasteiger partial charge in [-0.1, -0.05) is 54.6 Å². The molecular formula is C17H16O2. The molecule has 2 aromatic carbocycles. The second-order valence-electron chi connectivity index (χ2n) is 5.09. The fraction of sp³-hybridized carbons (Fsp3) is 0.235. The van der Waals surface area contributed by atoms with Crippen molar-refractivity contribution in [1.29, 1.82) is 0 Å². The van der Waals surface area contributed by atoms with Crippen molar-refractivity contribution in [2.45, 2.75) is 24.7 Å². The molecule has 96 valence electrons. The molecule has 0 radical (unpaired) electrons. The first kappa shape index (κ1) is 12.0. The number of fused-ring (bicyclic) bond motifs is 1. The molecule has 2 nitrogen and oxygen atoms in total. The summed E-state index contributed by atoms with van der Waals surface area (Å²) >= 11 is 0. The van der Waals surface area contributed by atoms with Gasteiger partial charge in [-0.15, -0.1) is 0 Å². The van der Waals surface area contributed by atoms with Gasteiger partial charge >= 0.3 is 5.97 Å². The van der Waals surface area contributed by atoms with Crippen LogP contribution in [-0.2, 0) is 16.6 Å². The molecule has 1 aliphatic rings. The summed E-state index contributed by atoms with van der Waals surface area (Å²) in [6, 6.07) is 17.5. The standard InChI is InChI=1S/C17H16O2/c18-16(19)17(14-9-2-1-3-10-14)12-6-8-13-7-4-5-11-15(13)17/h1-5,7,9-11H,6,8,12H2,(H,18,19). The van der Waals surface area contributed by atoms with E-state index in [-0.39, 0.29) is 0 Å². The largest absolute Gasteiger partial charge is 0.480 e. The summed E-state index contributed by atoms with van der Waals surface area (Å²) < 4.78 is 0. The van der Waals surface area contributed by atoms with E-state index in [4.69, 9.17) is 0 Å². The third-order valence-electron chi connectivity index (χ3n) is 4.11. The maximum Gasteiger partial charge on any atom is 0.318 e. The van der Waals surface area contributed by atoms with Crippen LogP contribution in [0.5, 0.6) is 0 Å². The first-order valence-corrected chi connectivity index (χ1v) is 6.62. The maximum atomic E-state index is 12.0. The van der Waals surface area contributed by atoms with Crippen LogP contribution < -0.4 is 0 Å². The molecule has 0 spiro atoms. The normalized spacial score (nSPS) is 21.7. The van der Waals surface area contributed by atoms with Crippen LogP contribution in [-0.4, -0.2) is 11.1 Å². The van der Waals surface area contributed by atoms with Crippen molar-refractivity contribution in [3.63, 3.8) is 0 Å². The van der Waals surface area contributed by atoms with Gasteiger partial charge in [0.1, 0.15) is 5.41 Å². The van der Waals surface area contributed by atoms with Crippen molar-refractivity contribution in [3.05, 3.63) is 71.3 Å². The molecule has 19 heavy (non-hydrogen) atoms. The third kappa shape index (κ3) is 1.75. The Hall–Kier alpha value is -2.09. The SMILES string of the molecule is O=C(O)C1(c2ccccc2)CCCc2ccccc21. The Morgan fingerprint density at radius 1 is 1.00 bits per heavy atom. The zero-order chi connectivity index (χ0) is 13.3. The molecule has 3 rings (SSSR count). The van der Waals surface area contributed by atoms with Crippen LogP contribution in [0.4, 0.5) is 0 Å². The van der Waals surface area contributed by atoms with E-state index < -0.39 is 11.4 Å². The lowest BCUT2D eigenvalue weighted by Crippen LogP contribution is -2.40. The molecule has 1 unspecified atom stereocenters. The Bertz CT molecular complexity index is 604. The van der Waals surface area contributed by atoms with E-state index in [9.17, 15) is 9.90 Å². The number of hydrogen-bond acceptors (Lipinski definition) is 1. The minimum Gasteiger partial charge on any atom is -0.480 e. The molecule has 0 saturated carbocycles. The zero-order valence-electron chi connectivity index (χ0n) is 10.7. The van der Waals surface area contributed by atoms with E-state index in [1.807, 2.05) is 48.5 Å². The van der Waals surface area contributed by atoms with Crippen molar-refractivity contribution >= 4 is 5.97 Å². The molecule has 1 atom stereocenters. The van der Waals surface area contributed by atoms with Crippen LogP contribution in [0.1, 0.15) is 29.5 Å². The quantitative estimate of drug-likeness (QED) is 0.889. The molecule has 2 heteroatoms. The van der Waals surface area contributed by atoms with Gasteiger partial charge in [-0.05, 0) is 36.0 Å². The molecule has 2 aromatic rings. The van der Waals surface area contributed by atoms with E-state index in [1.165, 1.54) is 5.56 Å². The lowest BCUT2D eigenvalue weighted by atomic mass is 9.66. The number of hydrogen-bond donors (Lipinski definition) is 1. The lowest BCUT2D eigenvalue weighted by Gasteiger charge is -2.36. The van der Waals surface area contributed by atoms with Crippen LogP contribution >= 0.6 is 0 Å². The summed E-state index contributed by atoms with van der Waals surface area (Å²) in [5.41, 5.74) is 2.13. The fourth-order valence-corrected chi connectivity index (χ4v) is 3.20. The van der Waals surface area contributed by atoms with Crippen LogP contribution in [0.2, 0.25) is 0 Å². The minimum absolute atomic E-state index is 0.670. The van der Waals surface area contributed by atoms with Gasteiger partial charge in [0.15, 0.2) is 0 Å². The molecule has 0 saturated heterocycles. The first-order chi connectivity index (χ1) is 9.25. The number of aryl methyl sites for hydroxylation is 1. The molecule has 0 aliphatic heterocycles. The highest BCUT2D eigenvalue weighted by molar-refractivity contribution is 5.87. The van der Waals surface area contributed by atoms with Crippen molar-refractivity contribution in [1.82, 2.24) is 0 Å². The highest BCUT2D eigenvalue weighted by Crippen LogP contribution is 2.42. The summed E-state index contributed by atoms with van der Waals surface area (Å²) in [7, 11) is 0. The van der Waals surface area contributed by atoms with E-state index in [0.717, 1.165) is 24.0 Å². The van der Waals surface area contributed by atoms with E-state index in [1.54, 1.807) is 0 Å². The van der Waals surface area contributed by atoms with Gasteiger partial charge in [0.05, 0.1) is 0 Å². The third-order valence-corrected chi connectivity index (χ3v) is 4.11. The molecule has 0 bridgehead atoms. The van der Waals surface area contributed by atoms with E-state index >= 15 is 0 Å². The minimum atomic E-state index is -0.879. The monoisotopic (exact) mass is 252 g/mol. The van der Waals surface area contributed by atoms with Gasteiger partial charge in [-0.2, -0.15) is 0 Å². The Kier molecular flexibility index (Phi) is 2.86. The van der Waals surface area contributed by atoms with Crippen LogP contribution in [0.3, 0.4) is 0 Å². The average molecular weight is 252 g/mol. The molecule has 0 fully saturated rings. The van der Waals surface area contributed by atoms with Gasteiger partial charge < -0.3 is 5.11 Å². The highest BCUT2D eigenvalue weighted by Gasteiger charge is 2.44. The Labute approximate surface area is 112 Å². The van der Waals surface area contributed by atoms with Crippen LogP contribution in [0.25, 0.3) is 0 Å². The number of benzene rings is 2. The number of aliphatic carboxylic acids is 1. The summed E-state index contributed by atoms with van der Waals surface area (Å²) in [5.74, 6) is -0.745. The van der Waals surface area contributed by atoms with Gasteiger partial charge in [-0.3, -0.25) is 4.79 Å². The average Bonchev–Trinajstić information content (AvgIpc) is 2.47. The predicted molar refractivity (Wildman–Crippen MR) is 74.2 cm³/mol. The number of carboxylic acid groups (broad SMARTS) is 1. The Morgan fingerprint density at radius 2 is 1.68 bits per heavy atom. The van der Waals surface area contributed by atoms with Crippen molar-refractivity contribution in [2.75, 3.05) is 0 Å². The summed E-state index contributed by atoms with van der Waals surface area (Å²) in [5, 5.41) is 9.89. The summed E-state index contributed by atoms with van der Waals surface area (Å²) in [6.07, 6.45) is 2.56.